The summed E-state index contributed by atoms with van der Waals surface area (Å²) < 4.78 is 23.6. The first-order valence-electron chi connectivity index (χ1n) is 22.5. The summed E-state index contributed by atoms with van der Waals surface area (Å²) in [5.41, 5.74) is 5.09. The highest BCUT2D eigenvalue weighted by atomic mass is 35.5. The molecule has 6 aliphatic rings. The maximum atomic E-state index is 10.4. The second-order valence-corrected chi connectivity index (χ2v) is 19.6. The van der Waals surface area contributed by atoms with E-state index in [1.165, 1.54) is 38.5 Å². The van der Waals surface area contributed by atoms with Crippen molar-refractivity contribution in [2.24, 2.45) is 23.7 Å². The number of rotatable bonds is 12. The van der Waals surface area contributed by atoms with E-state index < -0.39 is 74.3 Å². The van der Waals surface area contributed by atoms with Gasteiger partial charge in [0.1, 0.15) is 72.5 Å². The van der Waals surface area contributed by atoms with E-state index in [2.05, 4.69) is 0 Å². The smallest absolute Gasteiger partial charge is 0.119 e. The van der Waals surface area contributed by atoms with Crippen LogP contribution in [0.1, 0.15) is 84.1 Å². The lowest BCUT2D eigenvalue weighted by atomic mass is 9.90. The Morgan fingerprint density at radius 3 is 1.16 bits per heavy atom. The third-order valence-corrected chi connectivity index (χ3v) is 15.0. The maximum Gasteiger partial charge on any atom is 0.119 e. The van der Waals surface area contributed by atoms with Crippen molar-refractivity contribution in [2.45, 2.75) is 125 Å². The fourth-order valence-corrected chi connectivity index (χ4v) is 10.6. The number of benzene rings is 4. The Bertz CT molecular complexity index is 2030. The van der Waals surface area contributed by atoms with Crippen LogP contribution in [0.4, 0.5) is 0 Å². The predicted molar refractivity (Wildman–Crippen MR) is 237 cm³/mol. The molecule has 4 aromatic rings. The highest BCUT2D eigenvalue weighted by molar-refractivity contribution is 6.31. The van der Waals surface area contributed by atoms with Crippen molar-refractivity contribution in [2.75, 3.05) is 13.2 Å². The van der Waals surface area contributed by atoms with E-state index in [4.69, 9.17) is 42.1 Å². The van der Waals surface area contributed by atoms with Crippen molar-refractivity contribution in [1.29, 1.82) is 0 Å². The predicted octanol–water partition coefficient (Wildman–Crippen LogP) is 5.25. The molecule has 6 fully saturated rings. The Kier molecular flexibility index (Phi) is 13.9. The van der Waals surface area contributed by atoms with Gasteiger partial charge in [-0.15, -0.1) is 0 Å². The van der Waals surface area contributed by atoms with E-state index in [0.717, 1.165) is 57.4 Å². The fourth-order valence-electron chi connectivity index (χ4n) is 10.3. The second kappa shape index (κ2) is 19.5. The molecule has 64 heavy (non-hydrogen) atoms. The van der Waals surface area contributed by atoms with Gasteiger partial charge >= 0.3 is 0 Å². The van der Waals surface area contributed by atoms with Gasteiger partial charge in [-0.25, -0.2) is 0 Å². The molecule has 0 spiro atoms. The summed E-state index contributed by atoms with van der Waals surface area (Å²) in [5, 5.41) is 81.2. The van der Waals surface area contributed by atoms with Crippen molar-refractivity contribution >= 4 is 23.2 Å². The Labute approximate surface area is 382 Å². The molecule has 0 amide bonds. The van der Waals surface area contributed by atoms with Crippen LogP contribution in [0.25, 0.3) is 0 Å². The summed E-state index contributed by atoms with van der Waals surface area (Å²) in [4.78, 5) is 0. The van der Waals surface area contributed by atoms with Crippen molar-refractivity contribution in [3.63, 3.8) is 0 Å². The first-order valence-corrected chi connectivity index (χ1v) is 23.3. The van der Waals surface area contributed by atoms with Crippen LogP contribution < -0.4 is 9.47 Å². The van der Waals surface area contributed by atoms with Crippen LogP contribution in [0.3, 0.4) is 0 Å². The van der Waals surface area contributed by atoms with Gasteiger partial charge in [-0.05, 0) is 145 Å². The molecular weight excluding hydrogens is 863 g/mol. The lowest BCUT2D eigenvalue weighted by molar-refractivity contribution is -0.231. The molecule has 2 aliphatic heterocycles. The molecule has 15 atom stereocenters. The van der Waals surface area contributed by atoms with Crippen molar-refractivity contribution in [3.8, 4) is 11.5 Å². The van der Waals surface area contributed by atoms with Crippen LogP contribution in [0.5, 0.6) is 11.5 Å². The zero-order valence-electron chi connectivity index (χ0n) is 35.4. The number of hydrogen-bond acceptors (Lipinski definition) is 12. The molecule has 0 radical (unpaired) electrons. The second-order valence-electron chi connectivity index (χ2n) is 18.8. The number of aliphatic hydroxyl groups is 8. The summed E-state index contributed by atoms with van der Waals surface area (Å²) in [7, 11) is 0. The Morgan fingerprint density at radius 2 is 0.812 bits per heavy atom. The minimum absolute atomic E-state index is 0.342. The van der Waals surface area contributed by atoms with Gasteiger partial charge in [0.15, 0.2) is 0 Å². The van der Waals surface area contributed by atoms with Crippen LogP contribution in [0, 0.1) is 23.7 Å². The summed E-state index contributed by atoms with van der Waals surface area (Å²) >= 11 is 12.9. The zero-order chi connectivity index (χ0) is 44.8. The lowest BCUT2D eigenvalue weighted by Gasteiger charge is -2.40. The number of fused-ring (bicyclic) bond motifs is 2. The molecule has 344 valence electrons. The highest BCUT2D eigenvalue weighted by Crippen LogP contribution is 2.53. The molecule has 2 saturated heterocycles. The molecule has 2 heterocycles. The quantitative estimate of drug-likeness (QED) is 0.0921. The van der Waals surface area contributed by atoms with Gasteiger partial charge in [0, 0.05) is 10.0 Å². The first kappa shape index (κ1) is 45.8. The van der Waals surface area contributed by atoms with Gasteiger partial charge in [-0.3, -0.25) is 0 Å². The third-order valence-electron chi connectivity index (χ3n) is 14.2. The number of ether oxygens (including phenoxy) is 4. The molecule has 4 aliphatic carbocycles. The number of aliphatic hydroxyl groups excluding tert-OH is 8. The largest absolute Gasteiger partial charge is 0.490 e. The monoisotopic (exact) mass is 920 g/mol. The molecule has 8 N–H and O–H groups in total. The van der Waals surface area contributed by atoms with E-state index in [1.54, 1.807) is 24.3 Å². The van der Waals surface area contributed by atoms with E-state index in [9.17, 15) is 40.9 Å². The Balaban J connectivity index is 0.000000162. The van der Waals surface area contributed by atoms with Crippen LogP contribution in [-0.4, -0.2) is 115 Å². The van der Waals surface area contributed by atoms with Crippen LogP contribution in [0.2, 0.25) is 10.0 Å². The minimum Gasteiger partial charge on any atom is -0.490 e. The molecule has 14 heteroatoms. The molecule has 4 saturated carbocycles. The van der Waals surface area contributed by atoms with Gasteiger partial charge in [0.25, 0.3) is 0 Å². The molecule has 10 rings (SSSR count). The first-order chi connectivity index (χ1) is 30.8. The summed E-state index contributed by atoms with van der Waals surface area (Å²) in [6, 6.07) is 26.7. The van der Waals surface area contributed by atoms with Gasteiger partial charge < -0.3 is 59.8 Å². The number of halogens is 2. The van der Waals surface area contributed by atoms with Gasteiger partial charge in [-0.2, -0.15) is 0 Å². The van der Waals surface area contributed by atoms with Crippen LogP contribution in [-0.2, 0) is 22.3 Å². The molecule has 0 bridgehead atoms. The van der Waals surface area contributed by atoms with Gasteiger partial charge in [-0.1, -0.05) is 71.7 Å². The van der Waals surface area contributed by atoms with Crippen LogP contribution >= 0.6 is 23.2 Å². The third kappa shape index (κ3) is 10.1. The highest BCUT2D eigenvalue weighted by Gasteiger charge is 2.48. The molecule has 0 aromatic heterocycles. The Morgan fingerprint density at radius 1 is 0.453 bits per heavy atom. The van der Waals surface area contributed by atoms with Crippen LogP contribution in [0.15, 0.2) is 84.9 Å². The average Bonchev–Trinajstić information content (AvgIpc) is 4.14. The van der Waals surface area contributed by atoms with E-state index >= 15 is 0 Å². The molecule has 4 aromatic carbocycles. The van der Waals surface area contributed by atoms with Gasteiger partial charge in [0.05, 0.1) is 25.4 Å². The van der Waals surface area contributed by atoms with E-state index in [1.807, 2.05) is 60.7 Å². The summed E-state index contributed by atoms with van der Waals surface area (Å²) in [5.74, 6) is 5.33. The Hall–Kier alpha value is -3.34. The fraction of sp³-hybridized carbons (Fsp3) is 0.520. The molecule has 4 unspecified atom stereocenters. The lowest BCUT2D eigenvalue weighted by Crippen LogP contribution is -2.55. The van der Waals surface area contributed by atoms with E-state index in [-0.39, 0.29) is 0 Å². The van der Waals surface area contributed by atoms with Crippen molar-refractivity contribution < 1.29 is 59.8 Å². The normalized spacial score (nSPS) is 36.0. The standard InChI is InChI=1S/2C25H29ClO6/c2*26-20-6-3-14(25-24(30)23(29)22(28)21(12-27)32-25)8-17(20)7-13-1-4-18(5-2-13)31-19-10-15-9-16(15)11-19/h2*1-6,8,15-16,19,21-25,27-30H,7,9-12H2/t15?,16?,19?,21-,22-,23+,24-,25?;15-,16+,19?,21-,22-,23+,24-,25+/m11/s1. The van der Waals surface area contributed by atoms with E-state index in [0.29, 0.717) is 46.2 Å². The summed E-state index contributed by atoms with van der Waals surface area (Å²) in [6.07, 6.45) is -2.59. The zero-order valence-corrected chi connectivity index (χ0v) is 36.9. The molecule has 12 nitrogen and oxygen atoms in total. The topological polar surface area (TPSA) is 199 Å². The summed E-state index contributed by atoms with van der Waals surface area (Å²) in [6.45, 7) is -0.920. The van der Waals surface area contributed by atoms with Crippen molar-refractivity contribution in [3.05, 3.63) is 128 Å². The average molecular weight is 922 g/mol. The molecular formula is C50H58Cl2O12. The van der Waals surface area contributed by atoms with Crippen molar-refractivity contribution in [1.82, 2.24) is 0 Å². The SMILES string of the molecule is OC[C@H]1OC(c2ccc(Cl)c(Cc3ccc(OC4CC5CC5C4)cc3)c2)[C@H](O)[C@@H](O)[C@@H]1O.OC[C@H]1O[C@@H](c2ccc(Cl)c(Cc3ccc(OC4C[C@@H]5C[C@@H]5C4)cc3)c2)[C@H](O)[C@@H](O)[C@@H]1O. The maximum absolute atomic E-state index is 10.4. The number of hydrogen-bond donors (Lipinski definition) is 8. The minimum atomic E-state index is -1.41. The van der Waals surface area contributed by atoms with Gasteiger partial charge in [0.2, 0.25) is 0 Å².